The molecule has 18 heavy (non-hydrogen) atoms. The molecule has 0 aliphatic heterocycles. The zero-order valence-corrected chi connectivity index (χ0v) is 10.1. The summed E-state index contributed by atoms with van der Waals surface area (Å²) in [4.78, 5) is 39.1. The molecule has 0 bridgehead atoms. The molecule has 98 valence electrons. The van der Waals surface area contributed by atoms with Crippen LogP contribution >= 0.6 is 15.2 Å². The minimum atomic E-state index is -5.16. The molecule has 0 aromatic carbocycles. The van der Waals surface area contributed by atoms with Crippen molar-refractivity contribution in [2.45, 2.75) is 11.5 Å². The van der Waals surface area contributed by atoms with Gasteiger partial charge < -0.3 is 24.7 Å². The maximum absolute atomic E-state index is 11.0. The van der Waals surface area contributed by atoms with Gasteiger partial charge in [0.05, 0.1) is 0 Å². The van der Waals surface area contributed by atoms with E-state index >= 15 is 0 Å². The molecule has 0 saturated carbocycles. The van der Waals surface area contributed by atoms with E-state index in [2.05, 4.69) is 4.98 Å². The second kappa shape index (κ2) is 6.72. The molecular formula is C7H12NNaO7P2. The third-order valence-corrected chi connectivity index (χ3v) is 5.75. The third kappa shape index (κ3) is 4.83. The molecule has 0 saturated heterocycles. The van der Waals surface area contributed by atoms with E-state index in [0.717, 1.165) is 6.20 Å². The van der Waals surface area contributed by atoms with Crippen LogP contribution < -0.4 is 0 Å². The van der Waals surface area contributed by atoms with E-state index in [0.29, 0.717) is 0 Å². The summed E-state index contributed by atoms with van der Waals surface area (Å²) in [7, 11) is -10.3. The van der Waals surface area contributed by atoms with Gasteiger partial charge >= 0.3 is 44.7 Å². The summed E-state index contributed by atoms with van der Waals surface area (Å²) in [6.07, 6.45) is 0.425. The molecule has 0 amide bonds. The summed E-state index contributed by atoms with van der Waals surface area (Å²) in [6, 6.07) is 2.63. The number of hydrogen-bond acceptors (Lipinski definition) is 4. The number of rotatable bonds is 4. The molecule has 0 spiro atoms. The van der Waals surface area contributed by atoms with Gasteiger partial charge in [0, 0.05) is 18.0 Å². The van der Waals surface area contributed by atoms with Crippen LogP contribution in [0.25, 0.3) is 0 Å². The van der Waals surface area contributed by atoms with E-state index in [1.54, 1.807) is 0 Å². The van der Waals surface area contributed by atoms with E-state index in [1.165, 1.54) is 18.3 Å². The fraction of sp³-hybridized carbons (Fsp3) is 0.286. The summed E-state index contributed by atoms with van der Waals surface area (Å²) < 4.78 is 22.0. The van der Waals surface area contributed by atoms with E-state index in [1.807, 2.05) is 0 Å². The number of nitrogens with zero attached hydrogens (tertiary/aromatic N) is 1. The SMILES string of the molecule is O=P(O)(O)C(C(O)c1cccnc1)P(=O)(O)O.[NaH]. The molecule has 1 heterocycles. The number of aromatic nitrogens is 1. The topological polar surface area (TPSA) is 148 Å². The van der Waals surface area contributed by atoms with Gasteiger partial charge in [-0.05, 0) is 6.07 Å². The Kier molecular flexibility index (Phi) is 6.87. The molecule has 1 rings (SSSR count). The first-order valence-corrected chi connectivity index (χ1v) is 7.69. The Morgan fingerprint density at radius 1 is 1.11 bits per heavy atom. The van der Waals surface area contributed by atoms with Gasteiger partial charge in [-0.15, -0.1) is 0 Å². The predicted octanol–water partition coefficient (Wildman–Crippen LogP) is -0.852. The van der Waals surface area contributed by atoms with Crippen molar-refractivity contribution in [1.82, 2.24) is 4.98 Å². The fourth-order valence-corrected chi connectivity index (χ4v) is 3.93. The molecule has 5 N–H and O–H groups in total. The number of hydrogen-bond donors (Lipinski definition) is 5. The number of pyridine rings is 1. The van der Waals surface area contributed by atoms with Crippen molar-refractivity contribution >= 4 is 44.7 Å². The van der Waals surface area contributed by atoms with Crippen molar-refractivity contribution in [3.63, 3.8) is 0 Å². The van der Waals surface area contributed by atoms with Crippen LogP contribution in [0.5, 0.6) is 0 Å². The first-order valence-electron chi connectivity index (χ1n) is 4.32. The van der Waals surface area contributed by atoms with Crippen molar-refractivity contribution < 1.29 is 33.8 Å². The first-order chi connectivity index (χ1) is 7.64. The first kappa shape index (κ1) is 18.4. The van der Waals surface area contributed by atoms with E-state index < -0.39 is 26.7 Å². The average Bonchev–Trinajstić information content (AvgIpc) is 2.14. The Hall–Kier alpha value is 0.410. The summed E-state index contributed by atoms with van der Waals surface area (Å²) in [5, 5.41) is 7.14. The Morgan fingerprint density at radius 2 is 1.61 bits per heavy atom. The summed E-state index contributed by atoms with van der Waals surface area (Å²) in [5.41, 5.74) is -0.0795. The molecule has 8 nitrogen and oxygen atoms in total. The molecule has 1 aromatic heterocycles. The Bertz CT molecular complexity index is 450. The Labute approximate surface area is 125 Å². The standard InChI is InChI=1S/C7H11NO7P2.Na.H/c9-6(5-2-1-3-8-4-5)7(16(10,11)12)17(13,14)15;;/h1-4,6-7,9H,(H2,10,11,12)(H2,13,14,15);;. The van der Waals surface area contributed by atoms with Gasteiger partial charge in [-0.3, -0.25) is 14.1 Å². The molecule has 1 unspecified atom stereocenters. The second-order valence-corrected chi connectivity index (χ2v) is 7.20. The molecule has 0 aliphatic carbocycles. The van der Waals surface area contributed by atoms with E-state index in [4.69, 9.17) is 19.6 Å². The monoisotopic (exact) mass is 307 g/mol. The van der Waals surface area contributed by atoms with E-state index in [-0.39, 0.29) is 35.1 Å². The summed E-state index contributed by atoms with van der Waals surface area (Å²) in [5.74, 6) is 0. The average molecular weight is 307 g/mol. The molecule has 1 aromatic rings. The third-order valence-electron chi connectivity index (χ3n) is 2.00. The van der Waals surface area contributed by atoms with Crippen molar-refractivity contribution in [1.29, 1.82) is 0 Å². The van der Waals surface area contributed by atoms with Crippen LogP contribution in [0, 0.1) is 0 Å². The normalized spacial score (nSPS) is 14.1. The quantitative estimate of drug-likeness (QED) is 0.357. The predicted molar refractivity (Wildman–Crippen MR) is 64.2 cm³/mol. The van der Waals surface area contributed by atoms with Gasteiger partial charge in [0.15, 0.2) is 5.40 Å². The molecule has 1 atom stereocenters. The van der Waals surface area contributed by atoms with Crippen molar-refractivity contribution in [3.05, 3.63) is 30.1 Å². The van der Waals surface area contributed by atoms with Gasteiger partial charge in [0.1, 0.15) is 6.10 Å². The van der Waals surface area contributed by atoms with Crippen LogP contribution in [0.15, 0.2) is 24.5 Å². The summed E-state index contributed by atoms with van der Waals surface area (Å²) in [6.45, 7) is 0. The molecule has 0 aliphatic rings. The van der Waals surface area contributed by atoms with Crippen LogP contribution in [0.2, 0.25) is 0 Å². The number of aliphatic hydroxyl groups excluding tert-OH is 1. The molecular weight excluding hydrogens is 295 g/mol. The van der Waals surface area contributed by atoms with Crippen molar-refractivity contribution in [3.8, 4) is 0 Å². The number of aliphatic hydroxyl groups is 1. The van der Waals surface area contributed by atoms with Crippen LogP contribution in [-0.2, 0) is 9.13 Å². The zero-order valence-electron chi connectivity index (χ0n) is 8.36. The van der Waals surface area contributed by atoms with Crippen molar-refractivity contribution in [2.75, 3.05) is 0 Å². The van der Waals surface area contributed by atoms with Crippen LogP contribution in [0.4, 0.5) is 0 Å². The summed E-state index contributed by atoms with van der Waals surface area (Å²) >= 11 is 0. The van der Waals surface area contributed by atoms with Crippen LogP contribution in [-0.4, -0.2) is 64.6 Å². The molecule has 0 radical (unpaired) electrons. The molecule has 0 fully saturated rings. The maximum atomic E-state index is 11.0. The Balaban J connectivity index is 0.00000289. The van der Waals surface area contributed by atoms with Gasteiger partial charge in [-0.2, -0.15) is 0 Å². The van der Waals surface area contributed by atoms with E-state index in [9.17, 15) is 14.2 Å². The molecule has 11 heteroatoms. The van der Waals surface area contributed by atoms with Crippen molar-refractivity contribution in [2.24, 2.45) is 0 Å². The second-order valence-electron chi connectivity index (χ2n) is 3.32. The van der Waals surface area contributed by atoms with Gasteiger partial charge in [0.25, 0.3) is 0 Å². The van der Waals surface area contributed by atoms with Crippen LogP contribution in [0.3, 0.4) is 0 Å². The minimum absolute atomic E-state index is 0. The zero-order chi connectivity index (χ0) is 13.3. The van der Waals surface area contributed by atoms with Crippen LogP contribution in [0.1, 0.15) is 11.7 Å². The Morgan fingerprint density at radius 3 is 1.94 bits per heavy atom. The van der Waals surface area contributed by atoms with Gasteiger partial charge in [0.2, 0.25) is 0 Å². The van der Waals surface area contributed by atoms with Gasteiger partial charge in [-0.25, -0.2) is 0 Å². The fourth-order valence-electron chi connectivity index (χ4n) is 1.29. The van der Waals surface area contributed by atoms with Gasteiger partial charge in [-0.1, -0.05) is 6.07 Å².